The molecule has 0 radical (unpaired) electrons. The van der Waals surface area contributed by atoms with E-state index in [1.165, 1.54) is 0 Å². The summed E-state index contributed by atoms with van der Waals surface area (Å²) in [5.74, 6) is -4.27. The highest BCUT2D eigenvalue weighted by atomic mass is 16.8. The molecule has 1 aliphatic rings. The second kappa shape index (κ2) is 5.45. The second-order valence-corrected chi connectivity index (χ2v) is 3.99. The average Bonchev–Trinajstić information content (AvgIpc) is 2.31. The Hall–Kier alpha value is -0.810. The van der Waals surface area contributed by atoms with E-state index in [-0.39, 0.29) is 0 Å². The average molecular weight is 268 g/mol. The van der Waals surface area contributed by atoms with Crippen molar-refractivity contribution in [1.82, 2.24) is 0 Å². The summed E-state index contributed by atoms with van der Waals surface area (Å²) < 4.78 is 8.95. The maximum absolute atomic E-state index is 11.1. The van der Waals surface area contributed by atoms with E-state index in [0.29, 0.717) is 0 Å². The van der Waals surface area contributed by atoms with Crippen molar-refractivity contribution < 1.29 is 44.9 Å². The lowest BCUT2D eigenvalue weighted by atomic mass is 9.98. The molecule has 1 fully saturated rings. The van der Waals surface area contributed by atoms with Crippen molar-refractivity contribution in [2.45, 2.75) is 43.4 Å². The Morgan fingerprint density at radius 2 is 1.94 bits per heavy atom. The molecule has 0 spiro atoms. The molecule has 106 valence electrons. The first kappa shape index (κ1) is 15.2. The molecule has 9 heteroatoms. The summed E-state index contributed by atoms with van der Waals surface area (Å²) in [4.78, 5) is 11.1. The molecule has 0 bridgehead atoms. The molecule has 1 saturated heterocycles. The predicted octanol–water partition coefficient (Wildman–Crippen LogP) is -3.97. The summed E-state index contributed by atoms with van der Waals surface area (Å²) in [6.07, 6.45) is -8.78. The van der Waals surface area contributed by atoms with Crippen LogP contribution in [0.2, 0.25) is 0 Å². The molecule has 1 heterocycles. The van der Waals surface area contributed by atoms with E-state index in [4.69, 9.17) is 10.2 Å². The number of ether oxygens (including phenoxy) is 2. The normalized spacial score (nSPS) is 42.4. The molecule has 0 aliphatic carbocycles. The van der Waals surface area contributed by atoms with Crippen LogP contribution < -0.4 is 0 Å². The van der Waals surface area contributed by atoms with Gasteiger partial charge in [-0.25, -0.2) is 4.79 Å². The maximum Gasteiger partial charge on any atom is 0.357 e. The van der Waals surface area contributed by atoms with Crippen LogP contribution in [0.3, 0.4) is 0 Å². The van der Waals surface area contributed by atoms with Gasteiger partial charge in [-0.1, -0.05) is 0 Å². The molecular weight excluding hydrogens is 252 g/mol. The third-order valence-corrected chi connectivity index (χ3v) is 2.52. The Kier molecular flexibility index (Phi) is 4.61. The zero-order valence-corrected chi connectivity index (χ0v) is 9.50. The molecule has 1 unspecified atom stereocenters. The van der Waals surface area contributed by atoms with E-state index in [2.05, 4.69) is 9.47 Å². The first-order chi connectivity index (χ1) is 8.23. The van der Waals surface area contributed by atoms with Gasteiger partial charge in [0.15, 0.2) is 6.10 Å². The van der Waals surface area contributed by atoms with E-state index in [1.54, 1.807) is 0 Å². The van der Waals surface area contributed by atoms with E-state index in [9.17, 15) is 25.2 Å². The van der Waals surface area contributed by atoms with Gasteiger partial charge in [-0.05, 0) is 6.92 Å². The van der Waals surface area contributed by atoms with Gasteiger partial charge in [0.1, 0.15) is 24.4 Å². The third-order valence-electron chi connectivity index (χ3n) is 2.52. The first-order valence-corrected chi connectivity index (χ1v) is 5.19. The van der Waals surface area contributed by atoms with Gasteiger partial charge in [0.25, 0.3) is 0 Å². The number of hydrogen-bond donors (Lipinski definition) is 6. The number of carbonyl (C=O) groups is 1. The summed E-state index contributed by atoms with van der Waals surface area (Å²) in [5, 5.41) is 55.8. The summed E-state index contributed by atoms with van der Waals surface area (Å²) in [5.41, 5.74) is 0. The van der Waals surface area contributed by atoms with Gasteiger partial charge in [-0.3, -0.25) is 0 Å². The third kappa shape index (κ3) is 2.78. The molecule has 0 aromatic heterocycles. The molecular formula is C9H16O9. The van der Waals surface area contributed by atoms with Crippen LogP contribution in [0.4, 0.5) is 0 Å². The molecule has 0 aromatic carbocycles. The largest absolute Gasteiger partial charge is 0.404 e. The van der Waals surface area contributed by atoms with Crippen molar-refractivity contribution in [3.63, 3.8) is 0 Å². The zero-order valence-electron chi connectivity index (χ0n) is 9.50. The number of hydrogen-bond acceptors (Lipinski definition) is 9. The molecule has 0 amide bonds. The minimum Gasteiger partial charge on any atom is -0.404 e. The number of carbonyl (C=O) groups excluding carboxylic acids is 1. The lowest BCUT2D eigenvalue weighted by Crippen LogP contribution is -2.66. The van der Waals surface area contributed by atoms with Crippen molar-refractivity contribution in [2.24, 2.45) is 0 Å². The highest BCUT2D eigenvalue weighted by molar-refractivity contribution is 5.74. The van der Waals surface area contributed by atoms with Gasteiger partial charge in [0.2, 0.25) is 0 Å². The molecule has 6 N–H and O–H groups in total. The molecule has 1 rings (SSSR count). The van der Waals surface area contributed by atoms with Crippen LogP contribution in [-0.2, 0) is 14.3 Å². The molecule has 0 aromatic rings. The number of rotatable bonds is 3. The fourth-order valence-corrected chi connectivity index (χ4v) is 1.44. The maximum atomic E-state index is 11.1. The van der Waals surface area contributed by atoms with Crippen molar-refractivity contribution in [2.75, 3.05) is 6.61 Å². The van der Waals surface area contributed by atoms with Crippen molar-refractivity contribution in [3.8, 4) is 0 Å². The monoisotopic (exact) mass is 268 g/mol. The van der Waals surface area contributed by atoms with Gasteiger partial charge >= 0.3 is 11.9 Å². The quantitative estimate of drug-likeness (QED) is 0.222. The predicted molar refractivity (Wildman–Crippen MR) is 52.7 cm³/mol. The summed E-state index contributed by atoms with van der Waals surface area (Å²) in [7, 11) is 0. The SMILES string of the molecule is CC(O)C(=O)O[C@@]1(O)O[C@H](CO)[C@@H](O)[C@H](O)[C@@H]1O. The smallest absolute Gasteiger partial charge is 0.357 e. The fraction of sp³-hybridized carbons (Fsp3) is 0.889. The number of aliphatic hydroxyl groups excluding tert-OH is 5. The molecule has 0 saturated carbocycles. The standard InChI is InChI=1S/C9H16O9/c1-3(11)8(15)18-9(16)7(14)6(13)5(12)4(2-10)17-9/h3-7,10-14,16H,2H2,1H3/t3?,4-,5-,6+,7+,9+/m1/s1. The zero-order chi connectivity index (χ0) is 14.1. The van der Waals surface area contributed by atoms with Crippen LogP contribution in [0.5, 0.6) is 0 Å². The Morgan fingerprint density at radius 1 is 1.39 bits per heavy atom. The second-order valence-electron chi connectivity index (χ2n) is 3.99. The minimum absolute atomic E-state index is 0.792. The van der Waals surface area contributed by atoms with Gasteiger partial charge in [-0.15, -0.1) is 0 Å². The van der Waals surface area contributed by atoms with E-state index in [1.807, 2.05) is 0 Å². The molecule has 1 aliphatic heterocycles. The van der Waals surface area contributed by atoms with Gasteiger partial charge in [0.05, 0.1) is 6.61 Å². The van der Waals surface area contributed by atoms with Gasteiger partial charge in [-0.2, -0.15) is 0 Å². The Bertz CT molecular complexity index is 304. The van der Waals surface area contributed by atoms with Gasteiger partial charge < -0.3 is 40.1 Å². The topological polar surface area (TPSA) is 157 Å². The Labute approximate surface area is 102 Å². The van der Waals surface area contributed by atoms with E-state index < -0.39 is 49.1 Å². The fourth-order valence-electron chi connectivity index (χ4n) is 1.44. The van der Waals surface area contributed by atoms with Crippen molar-refractivity contribution >= 4 is 5.97 Å². The summed E-state index contributed by atoms with van der Waals surface area (Å²) in [6, 6.07) is 0. The van der Waals surface area contributed by atoms with Gasteiger partial charge in [0, 0.05) is 0 Å². The molecule has 18 heavy (non-hydrogen) atoms. The van der Waals surface area contributed by atoms with Crippen LogP contribution in [0.25, 0.3) is 0 Å². The lowest BCUT2D eigenvalue weighted by Gasteiger charge is -2.43. The first-order valence-electron chi connectivity index (χ1n) is 5.19. The Balaban J connectivity index is 2.88. The van der Waals surface area contributed by atoms with E-state index >= 15 is 0 Å². The van der Waals surface area contributed by atoms with Crippen LogP contribution in [0.1, 0.15) is 6.92 Å². The number of aliphatic hydroxyl groups is 6. The van der Waals surface area contributed by atoms with Crippen LogP contribution in [-0.4, -0.2) is 79.7 Å². The summed E-state index contributed by atoms with van der Waals surface area (Å²) >= 11 is 0. The molecule has 6 atom stereocenters. The van der Waals surface area contributed by atoms with Crippen LogP contribution in [0.15, 0.2) is 0 Å². The highest BCUT2D eigenvalue weighted by Crippen LogP contribution is 2.29. The lowest BCUT2D eigenvalue weighted by molar-refractivity contribution is -0.435. The number of esters is 1. The highest BCUT2D eigenvalue weighted by Gasteiger charge is 2.56. The Morgan fingerprint density at radius 3 is 2.39 bits per heavy atom. The van der Waals surface area contributed by atoms with Crippen LogP contribution >= 0.6 is 0 Å². The van der Waals surface area contributed by atoms with E-state index in [0.717, 1.165) is 6.92 Å². The van der Waals surface area contributed by atoms with Crippen molar-refractivity contribution in [1.29, 1.82) is 0 Å². The molecule has 9 nitrogen and oxygen atoms in total. The van der Waals surface area contributed by atoms with Crippen LogP contribution in [0, 0.1) is 0 Å². The van der Waals surface area contributed by atoms with Crippen molar-refractivity contribution in [3.05, 3.63) is 0 Å². The minimum atomic E-state index is -2.96. The summed E-state index contributed by atoms with van der Waals surface area (Å²) in [6.45, 7) is 0.259.